The second kappa shape index (κ2) is 5.98. The topological polar surface area (TPSA) is 49.4 Å². The molecule has 3 rings (SSSR count). The fourth-order valence-corrected chi connectivity index (χ4v) is 3.17. The normalized spacial score (nSPS) is 20.4. The number of benzene rings is 2. The molecule has 1 N–H and O–H groups in total. The first kappa shape index (κ1) is 16.6. The molecule has 24 heavy (non-hydrogen) atoms. The third-order valence-electron chi connectivity index (χ3n) is 3.97. The Hall–Kier alpha value is -2.28. The Kier molecular flexibility index (Phi) is 4.13. The third-order valence-corrected chi connectivity index (χ3v) is 4.47. The summed E-state index contributed by atoms with van der Waals surface area (Å²) in [5.41, 5.74) is -1.11. The van der Waals surface area contributed by atoms with E-state index in [0.29, 0.717) is 0 Å². The van der Waals surface area contributed by atoms with Crippen LogP contribution in [0.3, 0.4) is 0 Å². The maximum absolute atomic E-state index is 14.1. The fraction of sp³-hybridized carbons (Fsp3) is 0.176. The average molecular weight is 395 g/mol. The molecule has 0 saturated carbocycles. The van der Waals surface area contributed by atoms with Gasteiger partial charge in [-0.3, -0.25) is 9.69 Å². The van der Waals surface area contributed by atoms with E-state index in [2.05, 4.69) is 21.2 Å². The van der Waals surface area contributed by atoms with Gasteiger partial charge in [0.15, 0.2) is 0 Å². The van der Waals surface area contributed by atoms with Crippen LogP contribution < -0.4 is 5.32 Å². The van der Waals surface area contributed by atoms with Crippen LogP contribution in [0.15, 0.2) is 46.9 Å². The lowest BCUT2D eigenvalue weighted by molar-refractivity contribution is -0.131. The van der Waals surface area contributed by atoms with E-state index in [9.17, 15) is 18.4 Å². The first-order chi connectivity index (χ1) is 11.3. The Morgan fingerprint density at radius 2 is 1.92 bits per heavy atom. The summed E-state index contributed by atoms with van der Waals surface area (Å²) in [7, 11) is 0. The lowest BCUT2D eigenvalue weighted by Crippen LogP contribution is -2.41. The number of amides is 3. The van der Waals surface area contributed by atoms with E-state index in [1.54, 1.807) is 18.2 Å². The van der Waals surface area contributed by atoms with Crippen LogP contribution in [0, 0.1) is 11.6 Å². The number of hydrogen-bond acceptors (Lipinski definition) is 2. The van der Waals surface area contributed by atoms with Crippen LogP contribution in [0.1, 0.15) is 18.1 Å². The van der Waals surface area contributed by atoms with Crippen LogP contribution in [-0.2, 0) is 16.9 Å². The average Bonchev–Trinajstić information content (AvgIpc) is 2.74. The highest BCUT2D eigenvalue weighted by Crippen LogP contribution is 2.32. The maximum Gasteiger partial charge on any atom is 0.325 e. The van der Waals surface area contributed by atoms with Gasteiger partial charge in [-0.25, -0.2) is 13.6 Å². The Bertz CT molecular complexity index is 843. The number of carbonyl (C=O) groups is 2. The second-order valence-electron chi connectivity index (χ2n) is 5.70. The number of nitrogens with one attached hydrogen (secondary N) is 1. The largest absolute Gasteiger partial charge is 0.325 e. The first-order valence-electron chi connectivity index (χ1n) is 7.15. The molecular formula is C17H13BrF2N2O2. The first-order valence-corrected chi connectivity index (χ1v) is 7.94. The highest BCUT2D eigenvalue weighted by atomic mass is 79.9. The Balaban J connectivity index is 1.95. The minimum atomic E-state index is -1.64. The zero-order valence-electron chi connectivity index (χ0n) is 12.6. The molecule has 124 valence electrons. The summed E-state index contributed by atoms with van der Waals surface area (Å²) in [5.74, 6) is -2.06. The van der Waals surface area contributed by atoms with Gasteiger partial charge in [0.1, 0.15) is 17.2 Å². The minimum Gasteiger partial charge on any atom is -0.319 e. The van der Waals surface area contributed by atoms with Crippen molar-refractivity contribution >= 4 is 27.9 Å². The Morgan fingerprint density at radius 3 is 2.62 bits per heavy atom. The molecule has 3 amide bonds. The van der Waals surface area contributed by atoms with Crippen molar-refractivity contribution in [1.29, 1.82) is 0 Å². The van der Waals surface area contributed by atoms with E-state index in [4.69, 9.17) is 0 Å². The van der Waals surface area contributed by atoms with Crippen molar-refractivity contribution in [2.45, 2.75) is 19.0 Å². The number of carbonyl (C=O) groups excluding carboxylic acids is 2. The van der Waals surface area contributed by atoms with Gasteiger partial charge >= 0.3 is 6.03 Å². The lowest BCUT2D eigenvalue weighted by Gasteiger charge is -2.23. The Labute approximate surface area is 145 Å². The summed E-state index contributed by atoms with van der Waals surface area (Å²) in [6.07, 6.45) is 0. The zero-order valence-corrected chi connectivity index (χ0v) is 14.2. The summed E-state index contributed by atoms with van der Waals surface area (Å²) in [6.45, 7) is 1.41. The van der Waals surface area contributed by atoms with Crippen molar-refractivity contribution in [3.8, 4) is 0 Å². The third kappa shape index (κ3) is 2.80. The van der Waals surface area contributed by atoms with Gasteiger partial charge in [-0.1, -0.05) is 28.1 Å². The summed E-state index contributed by atoms with van der Waals surface area (Å²) >= 11 is 3.32. The molecule has 1 aliphatic rings. The van der Waals surface area contributed by atoms with Crippen molar-refractivity contribution in [3.05, 3.63) is 69.7 Å². The minimum absolute atomic E-state index is 0.0383. The van der Waals surface area contributed by atoms with Gasteiger partial charge in [-0.05, 0) is 42.8 Å². The number of nitrogens with zero attached hydrogens (tertiary/aromatic N) is 1. The number of rotatable bonds is 3. The predicted molar refractivity (Wildman–Crippen MR) is 86.9 cm³/mol. The van der Waals surface area contributed by atoms with E-state index in [0.717, 1.165) is 33.1 Å². The summed E-state index contributed by atoms with van der Waals surface area (Å²) in [5, 5.41) is 2.47. The van der Waals surface area contributed by atoms with Gasteiger partial charge in [0.25, 0.3) is 5.91 Å². The van der Waals surface area contributed by atoms with E-state index in [1.807, 2.05) is 6.07 Å². The van der Waals surface area contributed by atoms with Crippen molar-refractivity contribution in [2.24, 2.45) is 0 Å². The van der Waals surface area contributed by atoms with E-state index in [-0.39, 0.29) is 12.1 Å². The molecule has 1 atom stereocenters. The molecule has 1 aliphatic heterocycles. The maximum atomic E-state index is 14.1. The molecule has 1 saturated heterocycles. The monoisotopic (exact) mass is 394 g/mol. The number of hydrogen-bond donors (Lipinski definition) is 1. The molecule has 0 bridgehead atoms. The molecule has 7 heteroatoms. The molecule has 4 nitrogen and oxygen atoms in total. The molecule has 0 aromatic heterocycles. The van der Waals surface area contributed by atoms with Gasteiger partial charge in [0.05, 0.1) is 6.54 Å². The molecule has 0 aliphatic carbocycles. The molecule has 1 fully saturated rings. The van der Waals surface area contributed by atoms with E-state index >= 15 is 0 Å². The van der Waals surface area contributed by atoms with Crippen LogP contribution in [0.25, 0.3) is 0 Å². The van der Waals surface area contributed by atoms with Gasteiger partial charge in [0, 0.05) is 10.0 Å². The van der Waals surface area contributed by atoms with Crippen molar-refractivity contribution in [1.82, 2.24) is 10.2 Å². The summed E-state index contributed by atoms with van der Waals surface area (Å²) < 4.78 is 28.4. The quantitative estimate of drug-likeness (QED) is 0.806. The standard InChI is InChI=1S/C17H13BrF2N2O2/c1-17(13-8-12(19)5-6-14(13)20)15(23)22(16(24)21-17)9-10-3-2-4-11(18)7-10/h2-8H,9H2,1H3,(H,21,24). The van der Waals surface area contributed by atoms with Gasteiger partial charge < -0.3 is 5.32 Å². The zero-order chi connectivity index (χ0) is 17.5. The highest BCUT2D eigenvalue weighted by Gasteiger charge is 2.50. The van der Waals surface area contributed by atoms with Gasteiger partial charge in [-0.15, -0.1) is 0 Å². The number of imide groups is 1. The van der Waals surface area contributed by atoms with E-state index < -0.39 is 29.1 Å². The molecular weight excluding hydrogens is 382 g/mol. The summed E-state index contributed by atoms with van der Waals surface area (Å²) in [4.78, 5) is 26.0. The number of halogens is 3. The van der Waals surface area contributed by atoms with Gasteiger partial charge in [-0.2, -0.15) is 0 Å². The van der Waals surface area contributed by atoms with Crippen LogP contribution in [0.5, 0.6) is 0 Å². The fourth-order valence-electron chi connectivity index (χ4n) is 2.72. The van der Waals surface area contributed by atoms with Crippen molar-refractivity contribution in [2.75, 3.05) is 0 Å². The molecule has 2 aromatic rings. The van der Waals surface area contributed by atoms with Gasteiger partial charge in [0.2, 0.25) is 0 Å². The van der Waals surface area contributed by atoms with Crippen molar-refractivity contribution in [3.63, 3.8) is 0 Å². The smallest absolute Gasteiger partial charge is 0.319 e. The highest BCUT2D eigenvalue weighted by molar-refractivity contribution is 9.10. The molecule has 0 spiro atoms. The molecule has 0 radical (unpaired) electrons. The van der Waals surface area contributed by atoms with Crippen LogP contribution in [-0.4, -0.2) is 16.8 Å². The van der Waals surface area contributed by atoms with Crippen molar-refractivity contribution < 1.29 is 18.4 Å². The predicted octanol–water partition coefficient (Wildman–Crippen LogP) is 3.69. The number of urea groups is 1. The molecule has 2 aromatic carbocycles. The van der Waals surface area contributed by atoms with Crippen LogP contribution in [0.4, 0.5) is 13.6 Å². The van der Waals surface area contributed by atoms with E-state index in [1.165, 1.54) is 6.92 Å². The summed E-state index contributed by atoms with van der Waals surface area (Å²) in [6, 6.07) is 9.32. The van der Waals surface area contributed by atoms with Crippen LogP contribution >= 0.6 is 15.9 Å². The SMILES string of the molecule is CC1(c2cc(F)ccc2F)NC(=O)N(Cc2cccc(Br)c2)C1=O. The lowest BCUT2D eigenvalue weighted by atomic mass is 9.91. The Morgan fingerprint density at radius 1 is 1.17 bits per heavy atom. The second-order valence-corrected chi connectivity index (χ2v) is 6.62. The molecule has 1 unspecified atom stereocenters. The van der Waals surface area contributed by atoms with Crippen LogP contribution in [0.2, 0.25) is 0 Å². The molecule has 1 heterocycles.